The number of carbonyl (C=O) groups excluding carboxylic acids is 2. The quantitative estimate of drug-likeness (QED) is 0.150. The average Bonchev–Trinajstić information content (AvgIpc) is 3.93. The Morgan fingerprint density at radius 3 is 1.82 bits per heavy atom. The molecular weight excluding hydrogens is 833 g/mol. The van der Waals surface area contributed by atoms with Crippen molar-refractivity contribution >= 4 is 46.2 Å². The summed E-state index contributed by atoms with van der Waals surface area (Å²) in [5.74, 6) is -0.219. The lowest BCUT2D eigenvalue weighted by Gasteiger charge is -2.29. The predicted molar refractivity (Wildman–Crippen MR) is 214 cm³/mol. The monoisotopic (exact) mass is 876 g/mol. The number of hydrogen-bond acceptors (Lipinski definition) is 6. The van der Waals surface area contributed by atoms with Gasteiger partial charge in [-0.1, -0.05) is 23.2 Å². The summed E-state index contributed by atoms with van der Waals surface area (Å²) in [6.07, 6.45) is 6.06. The van der Waals surface area contributed by atoms with Crippen LogP contribution in [-0.4, -0.2) is 53.2 Å². The molecule has 60 heavy (non-hydrogen) atoms. The van der Waals surface area contributed by atoms with E-state index in [9.17, 15) is 35.9 Å². The minimum Gasteiger partial charge on any atom is -0.349 e. The molecule has 0 saturated heterocycles. The van der Waals surface area contributed by atoms with Crippen LogP contribution >= 0.6 is 23.2 Å². The van der Waals surface area contributed by atoms with Crippen molar-refractivity contribution in [1.82, 2.24) is 39.9 Å². The number of aryl methyl sites for hydroxylation is 1. The minimum absolute atomic E-state index is 0.00293. The minimum atomic E-state index is -4.53. The number of imidazole rings is 1. The lowest BCUT2D eigenvalue weighted by Crippen LogP contribution is -2.38. The van der Waals surface area contributed by atoms with Gasteiger partial charge in [-0.2, -0.15) is 31.4 Å². The van der Waals surface area contributed by atoms with Crippen LogP contribution in [0, 0.1) is 18.8 Å². The molecule has 2 N–H and O–H groups in total. The van der Waals surface area contributed by atoms with Gasteiger partial charge in [-0.3, -0.25) is 14.3 Å². The number of hydrogen-bond donors (Lipinski definition) is 2. The zero-order chi connectivity index (χ0) is 42.8. The Kier molecular flexibility index (Phi) is 13.1. The standard InChI is InChI=1S/C22H25ClF3N3O.C20H19ClF3N5O/c1-13-17-3-2-4-20(17)29(28-13)12-14-5-8-16(9-6-14)27-21(30)18-11-15(22(24,25)26)7-10-19(18)23;21-16-6-3-13(20(22,23)24)7-15(16)19(30)28-14-4-1-12(2-5-14)9-29-11-27-17-8-25-10-26-18(17)29/h7,10-11,14,16H,2-6,8-9,12H2,1H3,(H,27,30);3,6-8,10-12,14H,1-2,4-5,9H2,(H,28,30)/t14-,16-;12-,14-. The Bertz CT molecular complexity index is 2330. The van der Waals surface area contributed by atoms with Crippen molar-refractivity contribution in [3.63, 3.8) is 0 Å². The van der Waals surface area contributed by atoms with Crippen LogP contribution in [0.4, 0.5) is 26.3 Å². The van der Waals surface area contributed by atoms with E-state index in [1.807, 2.05) is 4.57 Å². The maximum Gasteiger partial charge on any atom is 0.416 e. The number of aromatic nitrogens is 6. The molecule has 0 unspecified atom stereocenters. The van der Waals surface area contributed by atoms with E-state index in [0.29, 0.717) is 11.8 Å². The van der Waals surface area contributed by atoms with Gasteiger partial charge >= 0.3 is 12.4 Å². The van der Waals surface area contributed by atoms with Gasteiger partial charge in [0.15, 0.2) is 5.65 Å². The van der Waals surface area contributed by atoms with Gasteiger partial charge in [-0.15, -0.1) is 0 Å². The highest BCUT2D eigenvalue weighted by Gasteiger charge is 2.34. The second-order valence-electron chi connectivity index (χ2n) is 15.9. The molecule has 2 amide bonds. The molecule has 2 fully saturated rings. The summed E-state index contributed by atoms with van der Waals surface area (Å²) in [4.78, 5) is 37.6. The highest BCUT2D eigenvalue weighted by molar-refractivity contribution is 6.34. The molecule has 0 aliphatic heterocycles. The fraction of sp³-hybridized carbons (Fsp3) is 0.476. The number of amides is 2. The van der Waals surface area contributed by atoms with E-state index in [1.54, 1.807) is 12.5 Å². The molecule has 18 heteroatoms. The van der Waals surface area contributed by atoms with Gasteiger partial charge in [0, 0.05) is 30.9 Å². The first-order chi connectivity index (χ1) is 28.5. The van der Waals surface area contributed by atoms with E-state index in [-0.39, 0.29) is 33.3 Å². The van der Waals surface area contributed by atoms with Crippen LogP contribution in [0.15, 0.2) is 55.2 Å². The Hall–Kier alpha value is -4.70. The highest BCUT2D eigenvalue weighted by Crippen LogP contribution is 2.35. The molecule has 3 aromatic heterocycles. The van der Waals surface area contributed by atoms with Crippen LogP contribution < -0.4 is 10.6 Å². The number of alkyl halides is 6. The Balaban J connectivity index is 0.000000181. The van der Waals surface area contributed by atoms with Crippen molar-refractivity contribution in [3.05, 3.63) is 105 Å². The Morgan fingerprint density at radius 1 is 0.750 bits per heavy atom. The second-order valence-corrected chi connectivity index (χ2v) is 16.8. The maximum absolute atomic E-state index is 12.9. The Morgan fingerprint density at radius 2 is 1.28 bits per heavy atom. The third-order valence-corrected chi connectivity index (χ3v) is 12.5. The van der Waals surface area contributed by atoms with E-state index in [1.165, 1.54) is 24.0 Å². The fourth-order valence-electron chi connectivity index (χ4n) is 8.58. The van der Waals surface area contributed by atoms with E-state index >= 15 is 0 Å². The summed E-state index contributed by atoms with van der Waals surface area (Å²) in [7, 11) is 0. The van der Waals surface area contributed by atoms with Gasteiger partial charge in [0.2, 0.25) is 0 Å². The lowest BCUT2D eigenvalue weighted by molar-refractivity contribution is -0.138. The van der Waals surface area contributed by atoms with Crippen molar-refractivity contribution in [2.24, 2.45) is 11.8 Å². The predicted octanol–water partition coefficient (Wildman–Crippen LogP) is 9.83. The SMILES string of the molecule is Cc1nn(C[C@H]2CC[C@H](NC(=O)c3cc(C(F)(F)F)ccc3Cl)CC2)c2c1CCC2.O=C(N[C@H]1CC[C@H](Cn2cnc3cncnc32)CC1)c1cc(C(F)(F)F)ccc1Cl. The molecule has 3 aliphatic carbocycles. The zero-order valence-corrected chi connectivity index (χ0v) is 34.2. The number of halogens is 8. The van der Waals surface area contributed by atoms with Gasteiger partial charge in [0.25, 0.3) is 11.8 Å². The molecule has 8 rings (SSSR count). The molecular formula is C42H44Cl2F6N8O2. The third kappa shape index (κ3) is 10.2. The molecule has 10 nitrogen and oxygen atoms in total. The normalized spacial score (nSPS) is 20.6. The summed E-state index contributed by atoms with van der Waals surface area (Å²) in [6, 6.07) is 5.47. The van der Waals surface area contributed by atoms with Gasteiger partial charge < -0.3 is 15.2 Å². The number of fused-ring (bicyclic) bond motifs is 2. The number of rotatable bonds is 8. The molecule has 0 bridgehead atoms. The summed E-state index contributed by atoms with van der Waals surface area (Å²) in [5, 5.41) is 10.4. The second kappa shape index (κ2) is 18.1. The van der Waals surface area contributed by atoms with Crippen molar-refractivity contribution in [2.75, 3.05) is 0 Å². The smallest absolute Gasteiger partial charge is 0.349 e. The summed E-state index contributed by atoms with van der Waals surface area (Å²) in [6.45, 7) is 3.75. The molecule has 2 saturated carbocycles. The van der Waals surface area contributed by atoms with E-state index in [2.05, 4.69) is 37.2 Å². The third-order valence-electron chi connectivity index (χ3n) is 11.8. The van der Waals surface area contributed by atoms with Crippen molar-refractivity contribution in [3.8, 4) is 0 Å². The number of nitrogens with zero attached hydrogens (tertiary/aromatic N) is 6. The summed E-state index contributed by atoms with van der Waals surface area (Å²) >= 11 is 11.9. The molecule has 320 valence electrons. The summed E-state index contributed by atoms with van der Waals surface area (Å²) in [5.41, 5.74) is 3.42. The average molecular weight is 878 g/mol. The molecule has 5 aromatic rings. The first-order valence-corrected chi connectivity index (χ1v) is 20.8. The molecule has 3 heterocycles. The van der Waals surface area contributed by atoms with Gasteiger partial charge in [-0.05, 0) is 131 Å². The largest absolute Gasteiger partial charge is 0.416 e. The van der Waals surface area contributed by atoms with Crippen molar-refractivity contribution in [1.29, 1.82) is 0 Å². The van der Waals surface area contributed by atoms with E-state index < -0.39 is 35.3 Å². The molecule has 0 spiro atoms. The van der Waals surface area contributed by atoms with E-state index in [4.69, 9.17) is 28.3 Å². The van der Waals surface area contributed by atoms with Crippen LogP contribution in [-0.2, 0) is 38.3 Å². The highest BCUT2D eigenvalue weighted by atomic mass is 35.5. The molecule has 0 atom stereocenters. The lowest BCUT2D eigenvalue weighted by atomic mass is 9.86. The first-order valence-electron chi connectivity index (χ1n) is 20.0. The maximum atomic E-state index is 12.9. The van der Waals surface area contributed by atoms with Crippen LogP contribution in [0.25, 0.3) is 11.2 Å². The Labute approximate surface area is 352 Å². The van der Waals surface area contributed by atoms with Gasteiger partial charge in [-0.25, -0.2) is 15.0 Å². The molecule has 3 aliphatic rings. The number of carbonyl (C=O) groups is 2. The van der Waals surface area contributed by atoms with Crippen LogP contribution in [0.1, 0.15) is 107 Å². The topological polar surface area (TPSA) is 120 Å². The zero-order valence-electron chi connectivity index (χ0n) is 32.7. The van der Waals surface area contributed by atoms with E-state index in [0.717, 1.165) is 131 Å². The van der Waals surface area contributed by atoms with Crippen molar-refractivity contribution < 1.29 is 35.9 Å². The molecule has 0 radical (unpaired) electrons. The molecule has 2 aromatic carbocycles. The van der Waals surface area contributed by atoms with Crippen molar-refractivity contribution in [2.45, 2.75) is 115 Å². The van der Waals surface area contributed by atoms with Crippen LogP contribution in [0.2, 0.25) is 10.0 Å². The van der Waals surface area contributed by atoms with Gasteiger partial charge in [0.1, 0.15) is 11.8 Å². The van der Waals surface area contributed by atoms with Gasteiger partial charge in [0.05, 0.1) is 50.5 Å². The summed E-state index contributed by atoms with van der Waals surface area (Å²) < 4.78 is 81.8. The first kappa shape index (κ1) is 43.4. The fourth-order valence-corrected chi connectivity index (χ4v) is 8.99. The number of nitrogens with one attached hydrogen (secondary N) is 2. The van der Waals surface area contributed by atoms with Crippen LogP contribution in [0.3, 0.4) is 0 Å². The number of benzene rings is 2. The van der Waals surface area contributed by atoms with Crippen LogP contribution in [0.5, 0.6) is 0 Å².